The molecule has 4 rings (SSSR count). The Labute approximate surface area is 169 Å². The number of rotatable bonds is 7. The highest BCUT2D eigenvalue weighted by atomic mass is 16.5. The number of anilines is 1. The molecule has 0 aliphatic carbocycles. The van der Waals surface area contributed by atoms with Gasteiger partial charge in [-0.05, 0) is 36.6 Å². The molecule has 0 saturated carbocycles. The summed E-state index contributed by atoms with van der Waals surface area (Å²) in [6.07, 6.45) is 2.26. The van der Waals surface area contributed by atoms with E-state index in [-0.39, 0.29) is 6.04 Å². The van der Waals surface area contributed by atoms with E-state index in [1.54, 1.807) is 18.7 Å². The molecule has 1 unspecified atom stereocenters. The molecular formula is C22H23N5O2. The van der Waals surface area contributed by atoms with Gasteiger partial charge in [0.1, 0.15) is 12.1 Å². The Balaban J connectivity index is 1.70. The fourth-order valence-corrected chi connectivity index (χ4v) is 3.39. The van der Waals surface area contributed by atoms with E-state index in [0.29, 0.717) is 5.78 Å². The molecule has 148 valence electrons. The molecule has 0 radical (unpaired) electrons. The summed E-state index contributed by atoms with van der Waals surface area (Å²) < 4.78 is 12.6. The standard InChI is InChI=1S/C22H23N5O2/c1-15-11-21(27-22(25-15)23-14-24-27)26-18(17-7-5-4-6-8-17)12-16-9-10-19(28-2)20(13-16)29-3/h4-11,13-14,18,26H,12H2,1-3H3. The molecule has 0 saturated heterocycles. The third-order valence-corrected chi connectivity index (χ3v) is 4.79. The average molecular weight is 389 g/mol. The minimum atomic E-state index is 0.0171. The highest BCUT2D eigenvalue weighted by molar-refractivity contribution is 5.48. The molecule has 2 aromatic carbocycles. The number of aromatic nitrogens is 4. The first kappa shape index (κ1) is 18.7. The van der Waals surface area contributed by atoms with Gasteiger partial charge in [-0.15, -0.1) is 0 Å². The topological polar surface area (TPSA) is 73.6 Å². The second kappa shape index (κ2) is 8.18. The van der Waals surface area contributed by atoms with Crippen molar-refractivity contribution in [3.8, 4) is 11.5 Å². The molecule has 1 N–H and O–H groups in total. The summed E-state index contributed by atoms with van der Waals surface area (Å²) in [5, 5.41) is 7.94. The molecule has 2 aromatic heterocycles. The van der Waals surface area contributed by atoms with Gasteiger partial charge in [0.25, 0.3) is 5.78 Å². The predicted molar refractivity (Wildman–Crippen MR) is 112 cm³/mol. The van der Waals surface area contributed by atoms with Crippen LogP contribution in [-0.4, -0.2) is 33.8 Å². The van der Waals surface area contributed by atoms with Crippen LogP contribution in [0.4, 0.5) is 5.82 Å². The summed E-state index contributed by atoms with van der Waals surface area (Å²) in [6, 6.07) is 18.3. The summed E-state index contributed by atoms with van der Waals surface area (Å²) >= 11 is 0. The van der Waals surface area contributed by atoms with E-state index in [1.807, 2.05) is 43.3 Å². The van der Waals surface area contributed by atoms with Crippen LogP contribution in [0.1, 0.15) is 22.9 Å². The quantitative estimate of drug-likeness (QED) is 0.518. The van der Waals surface area contributed by atoms with Crippen molar-refractivity contribution in [2.24, 2.45) is 0 Å². The normalized spacial score (nSPS) is 12.0. The predicted octanol–water partition coefficient (Wildman–Crippen LogP) is 3.85. The van der Waals surface area contributed by atoms with Crippen LogP contribution in [0.3, 0.4) is 0 Å². The van der Waals surface area contributed by atoms with Crippen LogP contribution in [0.25, 0.3) is 5.78 Å². The fourth-order valence-electron chi connectivity index (χ4n) is 3.39. The molecule has 0 fully saturated rings. The van der Waals surface area contributed by atoms with Gasteiger partial charge in [-0.1, -0.05) is 36.4 Å². The van der Waals surface area contributed by atoms with E-state index in [9.17, 15) is 0 Å². The molecule has 1 atom stereocenters. The lowest BCUT2D eigenvalue weighted by Crippen LogP contribution is -2.16. The highest BCUT2D eigenvalue weighted by Crippen LogP contribution is 2.31. The SMILES string of the molecule is COc1ccc(CC(Nc2cc(C)nc3ncnn23)c2ccccc2)cc1OC. The summed E-state index contributed by atoms with van der Waals surface area (Å²) in [5.74, 6) is 2.86. The van der Waals surface area contributed by atoms with Crippen molar-refractivity contribution >= 4 is 11.6 Å². The van der Waals surface area contributed by atoms with Gasteiger partial charge in [0.05, 0.1) is 20.3 Å². The third kappa shape index (κ3) is 3.99. The van der Waals surface area contributed by atoms with Crippen molar-refractivity contribution in [2.45, 2.75) is 19.4 Å². The summed E-state index contributed by atoms with van der Waals surface area (Å²) in [5.41, 5.74) is 3.18. The van der Waals surface area contributed by atoms with Gasteiger partial charge in [-0.3, -0.25) is 0 Å². The Hall–Kier alpha value is -3.61. The molecule has 0 bridgehead atoms. The number of aryl methyl sites for hydroxylation is 1. The zero-order valence-corrected chi connectivity index (χ0v) is 16.7. The second-order valence-electron chi connectivity index (χ2n) is 6.76. The van der Waals surface area contributed by atoms with Crippen LogP contribution in [-0.2, 0) is 6.42 Å². The number of hydrogen-bond donors (Lipinski definition) is 1. The molecule has 0 aliphatic rings. The number of nitrogens with one attached hydrogen (secondary N) is 1. The van der Waals surface area contributed by atoms with Crippen LogP contribution in [0, 0.1) is 6.92 Å². The van der Waals surface area contributed by atoms with Crippen LogP contribution in [0.2, 0.25) is 0 Å². The lowest BCUT2D eigenvalue weighted by atomic mass is 9.98. The maximum Gasteiger partial charge on any atom is 0.254 e. The Kier molecular flexibility index (Phi) is 5.29. The smallest absolute Gasteiger partial charge is 0.254 e. The second-order valence-corrected chi connectivity index (χ2v) is 6.76. The summed E-state index contributed by atoms with van der Waals surface area (Å²) in [6.45, 7) is 1.95. The first-order valence-corrected chi connectivity index (χ1v) is 9.37. The Morgan fingerprint density at radius 3 is 2.55 bits per heavy atom. The van der Waals surface area contributed by atoms with Crippen LogP contribution in [0.15, 0.2) is 60.9 Å². The largest absolute Gasteiger partial charge is 0.493 e. The van der Waals surface area contributed by atoms with Crippen molar-refractivity contribution in [1.29, 1.82) is 0 Å². The number of nitrogens with zero attached hydrogens (tertiary/aromatic N) is 4. The van der Waals surface area contributed by atoms with E-state index in [1.165, 1.54) is 11.9 Å². The monoisotopic (exact) mass is 389 g/mol. The van der Waals surface area contributed by atoms with Crippen molar-refractivity contribution in [1.82, 2.24) is 19.6 Å². The Bertz CT molecular complexity index is 1110. The van der Waals surface area contributed by atoms with Crippen molar-refractivity contribution < 1.29 is 9.47 Å². The van der Waals surface area contributed by atoms with Gasteiger partial charge >= 0.3 is 0 Å². The fraction of sp³-hybridized carbons (Fsp3) is 0.227. The van der Waals surface area contributed by atoms with E-state index in [4.69, 9.17) is 9.47 Å². The van der Waals surface area contributed by atoms with Crippen LogP contribution >= 0.6 is 0 Å². The number of methoxy groups -OCH3 is 2. The minimum Gasteiger partial charge on any atom is -0.493 e. The van der Waals surface area contributed by atoms with Crippen molar-refractivity contribution in [3.63, 3.8) is 0 Å². The van der Waals surface area contributed by atoms with Crippen LogP contribution in [0.5, 0.6) is 11.5 Å². The maximum atomic E-state index is 5.47. The average Bonchev–Trinajstić information content (AvgIpc) is 3.22. The molecule has 29 heavy (non-hydrogen) atoms. The lowest BCUT2D eigenvalue weighted by Gasteiger charge is -2.21. The third-order valence-electron chi connectivity index (χ3n) is 4.79. The van der Waals surface area contributed by atoms with Gasteiger partial charge in [0.2, 0.25) is 0 Å². The zero-order valence-electron chi connectivity index (χ0n) is 16.7. The highest BCUT2D eigenvalue weighted by Gasteiger charge is 2.16. The molecule has 2 heterocycles. The number of ether oxygens (including phenoxy) is 2. The lowest BCUT2D eigenvalue weighted by molar-refractivity contribution is 0.354. The summed E-state index contributed by atoms with van der Waals surface area (Å²) in [7, 11) is 3.29. The van der Waals surface area contributed by atoms with E-state index < -0.39 is 0 Å². The first-order valence-electron chi connectivity index (χ1n) is 9.37. The maximum absolute atomic E-state index is 5.47. The minimum absolute atomic E-state index is 0.0171. The van der Waals surface area contributed by atoms with E-state index in [0.717, 1.165) is 35.0 Å². The van der Waals surface area contributed by atoms with Crippen molar-refractivity contribution in [3.05, 3.63) is 77.7 Å². The Morgan fingerprint density at radius 2 is 1.79 bits per heavy atom. The van der Waals surface area contributed by atoms with Gasteiger partial charge in [0.15, 0.2) is 11.5 Å². The van der Waals surface area contributed by atoms with Gasteiger partial charge in [-0.2, -0.15) is 14.6 Å². The van der Waals surface area contributed by atoms with Gasteiger partial charge in [-0.25, -0.2) is 4.98 Å². The number of hydrogen-bond acceptors (Lipinski definition) is 6. The molecule has 0 aliphatic heterocycles. The van der Waals surface area contributed by atoms with Gasteiger partial charge < -0.3 is 14.8 Å². The van der Waals surface area contributed by atoms with E-state index >= 15 is 0 Å². The number of benzene rings is 2. The molecular weight excluding hydrogens is 366 g/mol. The Morgan fingerprint density at radius 1 is 1.00 bits per heavy atom. The molecule has 0 amide bonds. The summed E-state index contributed by atoms with van der Waals surface area (Å²) in [4.78, 5) is 8.64. The molecule has 4 aromatic rings. The molecule has 0 spiro atoms. The van der Waals surface area contributed by atoms with Crippen LogP contribution < -0.4 is 14.8 Å². The zero-order chi connectivity index (χ0) is 20.2. The first-order chi connectivity index (χ1) is 14.2. The van der Waals surface area contributed by atoms with Crippen molar-refractivity contribution in [2.75, 3.05) is 19.5 Å². The number of fused-ring (bicyclic) bond motifs is 1. The van der Waals surface area contributed by atoms with E-state index in [2.05, 4.69) is 38.6 Å². The molecule has 7 heteroatoms. The van der Waals surface area contributed by atoms with Gasteiger partial charge in [0, 0.05) is 11.8 Å². The molecule has 7 nitrogen and oxygen atoms in total.